The Morgan fingerprint density at radius 1 is 0.586 bits per heavy atom. The summed E-state index contributed by atoms with van der Waals surface area (Å²) < 4.78 is 11.1. The van der Waals surface area contributed by atoms with Gasteiger partial charge in [-0.3, -0.25) is 4.79 Å². The van der Waals surface area contributed by atoms with Crippen molar-refractivity contribution in [2.75, 3.05) is 13.2 Å². The fourth-order valence-corrected chi connectivity index (χ4v) is 7.35. The minimum Gasteiger partial charge on any atom is -0.394 e. The quantitative estimate of drug-likeness (QED) is 0.0236. The SMILES string of the molecule is CCCCCCCCCC/C=C\CCCCCCCCC(O)C(=O)NC(COC1OC(CO)C(O)C(O)C1O)C(O)/C=C/CC/C=C/CCCCCCCCCCC. The highest BCUT2D eigenvalue weighted by Gasteiger charge is 2.44. The summed E-state index contributed by atoms with van der Waals surface area (Å²) in [5, 5.41) is 64.7. The van der Waals surface area contributed by atoms with Crippen LogP contribution in [0.1, 0.15) is 200 Å². The standard InChI is InChI=1S/C48H89NO9/c1-3-5-7-9-11-13-15-17-19-20-21-23-25-27-29-31-33-35-37-42(52)47(56)49-40(39-57-48-46(55)45(54)44(53)43(38-50)58-48)41(51)36-34-32-30-28-26-24-22-18-16-14-12-10-8-6-4-2/h20-21,26,28,34,36,40-46,48,50-55H,3-19,22-25,27,29-33,35,37-39H2,1-2H3,(H,49,56)/b21-20-,28-26+,36-34+. The van der Waals surface area contributed by atoms with E-state index in [-0.39, 0.29) is 6.61 Å². The number of allylic oxidation sites excluding steroid dienone is 5. The Balaban J connectivity index is 2.42. The average Bonchev–Trinajstić information content (AvgIpc) is 3.22. The van der Waals surface area contributed by atoms with Gasteiger partial charge >= 0.3 is 0 Å². The summed E-state index contributed by atoms with van der Waals surface area (Å²) in [7, 11) is 0. The number of carbonyl (C=O) groups is 1. The van der Waals surface area contributed by atoms with E-state index < -0.39 is 61.5 Å². The molecule has 1 heterocycles. The molecule has 1 rings (SSSR count). The highest BCUT2D eigenvalue weighted by molar-refractivity contribution is 5.80. The van der Waals surface area contributed by atoms with Gasteiger partial charge in [0.05, 0.1) is 25.4 Å². The van der Waals surface area contributed by atoms with Crippen LogP contribution in [0.15, 0.2) is 36.5 Å². The molecule has 58 heavy (non-hydrogen) atoms. The number of nitrogens with one attached hydrogen (secondary N) is 1. The lowest BCUT2D eigenvalue weighted by Gasteiger charge is -2.40. The zero-order valence-electron chi connectivity index (χ0n) is 36.9. The smallest absolute Gasteiger partial charge is 0.249 e. The Morgan fingerprint density at radius 3 is 1.50 bits per heavy atom. The molecular formula is C48H89NO9. The number of hydrogen-bond donors (Lipinski definition) is 7. The van der Waals surface area contributed by atoms with Crippen LogP contribution >= 0.6 is 0 Å². The molecule has 10 nitrogen and oxygen atoms in total. The second-order valence-electron chi connectivity index (χ2n) is 16.7. The molecule has 1 aliphatic rings. The topological polar surface area (TPSA) is 169 Å². The van der Waals surface area contributed by atoms with Gasteiger partial charge in [-0.15, -0.1) is 0 Å². The van der Waals surface area contributed by atoms with E-state index in [1.54, 1.807) is 6.08 Å². The Labute approximate surface area is 354 Å². The first-order valence-corrected chi connectivity index (χ1v) is 23.8. The molecule has 0 spiro atoms. The molecule has 1 amide bonds. The molecule has 0 aromatic carbocycles. The van der Waals surface area contributed by atoms with Crippen LogP contribution in [0.25, 0.3) is 0 Å². The normalized spacial score (nSPS) is 21.7. The number of unbranched alkanes of at least 4 members (excludes halogenated alkanes) is 24. The molecule has 0 saturated carbocycles. The van der Waals surface area contributed by atoms with Crippen molar-refractivity contribution in [3.05, 3.63) is 36.5 Å². The van der Waals surface area contributed by atoms with Crippen molar-refractivity contribution in [3.8, 4) is 0 Å². The zero-order valence-corrected chi connectivity index (χ0v) is 36.9. The molecule has 0 radical (unpaired) electrons. The summed E-state index contributed by atoms with van der Waals surface area (Å²) in [5.74, 6) is -0.631. The fraction of sp³-hybridized carbons (Fsp3) is 0.854. The van der Waals surface area contributed by atoms with Gasteiger partial charge in [-0.2, -0.15) is 0 Å². The first-order valence-electron chi connectivity index (χ1n) is 23.8. The molecule has 7 N–H and O–H groups in total. The lowest BCUT2D eigenvalue weighted by Crippen LogP contribution is -2.60. The van der Waals surface area contributed by atoms with Crippen molar-refractivity contribution in [1.82, 2.24) is 5.32 Å². The summed E-state index contributed by atoms with van der Waals surface area (Å²) in [6.45, 7) is 3.58. The summed E-state index contributed by atoms with van der Waals surface area (Å²) in [6, 6.07) is -0.998. The molecule has 8 unspecified atom stereocenters. The van der Waals surface area contributed by atoms with Crippen LogP contribution in [0, 0.1) is 0 Å². The van der Waals surface area contributed by atoms with E-state index in [2.05, 4.69) is 43.5 Å². The van der Waals surface area contributed by atoms with Crippen molar-refractivity contribution in [2.45, 2.75) is 249 Å². The molecule has 0 bridgehead atoms. The Morgan fingerprint density at radius 2 is 1.02 bits per heavy atom. The molecular weight excluding hydrogens is 735 g/mol. The molecule has 1 fully saturated rings. The lowest BCUT2D eigenvalue weighted by molar-refractivity contribution is -0.302. The number of ether oxygens (including phenoxy) is 2. The second kappa shape index (κ2) is 38.3. The molecule has 0 aromatic heterocycles. The monoisotopic (exact) mass is 824 g/mol. The summed E-state index contributed by atoms with van der Waals surface area (Å²) >= 11 is 0. The van der Waals surface area contributed by atoms with Gasteiger partial charge in [-0.25, -0.2) is 0 Å². The fourth-order valence-electron chi connectivity index (χ4n) is 7.35. The van der Waals surface area contributed by atoms with Crippen LogP contribution in [-0.4, -0.2) is 98.7 Å². The van der Waals surface area contributed by atoms with Crippen molar-refractivity contribution in [1.29, 1.82) is 0 Å². The summed E-state index contributed by atoms with van der Waals surface area (Å²) in [5.41, 5.74) is 0. The maximum atomic E-state index is 13.0. The molecule has 10 heteroatoms. The van der Waals surface area contributed by atoms with Crippen LogP contribution in [-0.2, 0) is 14.3 Å². The molecule has 0 aromatic rings. The lowest BCUT2D eigenvalue weighted by atomic mass is 9.99. The summed E-state index contributed by atoms with van der Waals surface area (Å²) in [6.07, 6.45) is 36.6. The number of hydrogen-bond acceptors (Lipinski definition) is 9. The van der Waals surface area contributed by atoms with E-state index in [0.29, 0.717) is 19.3 Å². The minimum absolute atomic E-state index is 0.297. The van der Waals surface area contributed by atoms with Crippen LogP contribution in [0.5, 0.6) is 0 Å². The molecule has 1 aliphatic heterocycles. The van der Waals surface area contributed by atoms with E-state index in [1.807, 2.05) is 6.08 Å². The van der Waals surface area contributed by atoms with E-state index in [9.17, 15) is 35.4 Å². The van der Waals surface area contributed by atoms with Gasteiger partial charge < -0.3 is 45.4 Å². The van der Waals surface area contributed by atoms with Gasteiger partial charge in [0, 0.05) is 0 Å². The number of carbonyl (C=O) groups excluding carboxylic acids is 1. The van der Waals surface area contributed by atoms with Crippen LogP contribution < -0.4 is 5.32 Å². The van der Waals surface area contributed by atoms with Gasteiger partial charge in [0.1, 0.15) is 30.5 Å². The van der Waals surface area contributed by atoms with Gasteiger partial charge in [0.2, 0.25) is 5.91 Å². The third-order valence-corrected chi connectivity index (χ3v) is 11.3. The predicted molar refractivity (Wildman–Crippen MR) is 236 cm³/mol. The molecule has 8 atom stereocenters. The highest BCUT2D eigenvalue weighted by Crippen LogP contribution is 2.22. The summed E-state index contributed by atoms with van der Waals surface area (Å²) in [4.78, 5) is 13.0. The maximum absolute atomic E-state index is 13.0. The third-order valence-electron chi connectivity index (χ3n) is 11.3. The number of aliphatic hydroxyl groups is 6. The van der Waals surface area contributed by atoms with E-state index in [0.717, 1.165) is 38.5 Å². The first kappa shape index (κ1) is 54.4. The molecule has 0 aliphatic carbocycles. The van der Waals surface area contributed by atoms with E-state index in [1.165, 1.54) is 128 Å². The van der Waals surface area contributed by atoms with Crippen molar-refractivity contribution in [2.24, 2.45) is 0 Å². The van der Waals surface area contributed by atoms with E-state index in [4.69, 9.17) is 9.47 Å². The molecule has 1 saturated heterocycles. The Bertz CT molecular complexity index is 1020. The Hall–Kier alpha value is -1.63. The number of amides is 1. The third kappa shape index (κ3) is 28.0. The van der Waals surface area contributed by atoms with Crippen LogP contribution in [0.4, 0.5) is 0 Å². The number of rotatable bonds is 39. The Kier molecular flexibility index (Phi) is 35.9. The van der Waals surface area contributed by atoms with E-state index >= 15 is 0 Å². The van der Waals surface area contributed by atoms with Crippen LogP contribution in [0.3, 0.4) is 0 Å². The van der Waals surface area contributed by atoms with Crippen molar-refractivity contribution in [3.63, 3.8) is 0 Å². The molecule has 340 valence electrons. The average molecular weight is 824 g/mol. The predicted octanol–water partition coefficient (Wildman–Crippen LogP) is 9.03. The van der Waals surface area contributed by atoms with Crippen molar-refractivity contribution >= 4 is 5.91 Å². The zero-order chi connectivity index (χ0) is 42.5. The number of aliphatic hydroxyl groups excluding tert-OH is 6. The van der Waals surface area contributed by atoms with Gasteiger partial charge in [-0.1, -0.05) is 179 Å². The maximum Gasteiger partial charge on any atom is 0.249 e. The first-order chi connectivity index (χ1) is 28.3. The van der Waals surface area contributed by atoms with Crippen molar-refractivity contribution < 1.29 is 44.9 Å². The largest absolute Gasteiger partial charge is 0.394 e. The van der Waals surface area contributed by atoms with Gasteiger partial charge in [0.15, 0.2) is 6.29 Å². The van der Waals surface area contributed by atoms with Crippen LogP contribution in [0.2, 0.25) is 0 Å². The van der Waals surface area contributed by atoms with Gasteiger partial charge in [-0.05, 0) is 57.8 Å². The second-order valence-corrected chi connectivity index (χ2v) is 16.7. The highest BCUT2D eigenvalue weighted by atomic mass is 16.7. The minimum atomic E-state index is -1.62. The van der Waals surface area contributed by atoms with Gasteiger partial charge in [0.25, 0.3) is 0 Å².